The van der Waals surface area contributed by atoms with Crippen LogP contribution in [0.25, 0.3) is 104 Å². The van der Waals surface area contributed by atoms with E-state index < -0.39 is 0 Å². The SMILES string of the molecule is CC(C)(C)c1cc2ccc3cc(C(C)(C)C)cc4c(-c5ccc6c(c5)B5c7cc(-c8ccccc8)ccc7Oc7cc(-n8c9ccccc9c9ccccc98)cc(c75)N6c5c(-c6ccccc6)cccc5-c5ccccc5)cc(c1)c2c34. The summed E-state index contributed by atoms with van der Waals surface area (Å²) in [5.41, 5.74) is 22.1. The minimum Gasteiger partial charge on any atom is -0.458 e. The molecule has 0 atom stereocenters. The Hall–Kier alpha value is -9.64. The first-order chi connectivity index (χ1) is 39.9. The standard InChI is InChI=1S/C78H59BN2O/c1-77(2,3)56-39-53-33-34-54-40-57(78(4,5)6)45-64-63(42-55(41-56)73(53)74(54)64)52-35-37-69-65(44-52)79-66-43-51(48-21-10-7-11-22-48)36-38-71(66)82-72-47-58(80-67-31-18-16-27-61(67)62-28-17-19-32-68(62)80)46-70(75(72)79)81(69)76-59(49-23-12-8-13-24-49)29-20-30-60(76)50-25-14-9-15-26-50/h7-47H,1-6H3. The van der Waals surface area contributed by atoms with Crippen LogP contribution in [0.1, 0.15) is 52.7 Å². The summed E-state index contributed by atoms with van der Waals surface area (Å²) < 4.78 is 9.94. The summed E-state index contributed by atoms with van der Waals surface area (Å²) in [6.07, 6.45) is 0. The molecule has 0 fully saturated rings. The fraction of sp³-hybridized carbons (Fsp3) is 0.103. The van der Waals surface area contributed by atoms with Crippen LogP contribution in [-0.2, 0) is 10.8 Å². The normalized spacial score (nSPS) is 13.0. The monoisotopic (exact) mass is 1050 g/mol. The van der Waals surface area contributed by atoms with Gasteiger partial charge < -0.3 is 14.2 Å². The van der Waals surface area contributed by atoms with E-state index in [2.05, 4.69) is 300 Å². The van der Waals surface area contributed by atoms with Crippen molar-refractivity contribution >= 4 is 94.3 Å². The van der Waals surface area contributed by atoms with Crippen LogP contribution >= 0.6 is 0 Å². The first kappa shape index (κ1) is 48.3. The van der Waals surface area contributed by atoms with Crippen molar-refractivity contribution in [1.82, 2.24) is 4.57 Å². The maximum absolute atomic E-state index is 7.50. The third-order valence-electron chi connectivity index (χ3n) is 17.8. The van der Waals surface area contributed by atoms with Gasteiger partial charge in [0.2, 0.25) is 0 Å². The molecule has 0 radical (unpaired) electrons. The van der Waals surface area contributed by atoms with Gasteiger partial charge in [-0.25, -0.2) is 0 Å². The molecule has 14 aromatic rings. The zero-order valence-corrected chi connectivity index (χ0v) is 47.1. The highest BCUT2D eigenvalue weighted by atomic mass is 16.5. The van der Waals surface area contributed by atoms with Gasteiger partial charge in [0.15, 0.2) is 0 Å². The van der Waals surface area contributed by atoms with Crippen LogP contribution in [0.4, 0.5) is 17.1 Å². The molecule has 0 spiro atoms. The number of hydrogen-bond donors (Lipinski definition) is 0. The Morgan fingerprint density at radius 2 is 0.902 bits per heavy atom. The van der Waals surface area contributed by atoms with Gasteiger partial charge in [-0.2, -0.15) is 0 Å². The molecular weight excluding hydrogens is 992 g/mol. The minimum atomic E-state index is -0.201. The fourth-order valence-electron chi connectivity index (χ4n) is 13.8. The van der Waals surface area contributed by atoms with E-state index in [1.807, 2.05) is 0 Å². The number of fused-ring (bicyclic) bond motifs is 7. The van der Waals surface area contributed by atoms with E-state index in [9.17, 15) is 0 Å². The summed E-state index contributed by atoms with van der Waals surface area (Å²) in [7, 11) is 0. The second-order valence-corrected chi connectivity index (χ2v) is 24.9. The number of para-hydroxylation sites is 3. The zero-order valence-electron chi connectivity index (χ0n) is 47.1. The van der Waals surface area contributed by atoms with E-state index in [1.165, 1.54) is 76.4 Å². The molecule has 3 nitrogen and oxygen atoms in total. The number of anilines is 3. The summed E-state index contributed by atoms with van der Waals surface area (Å²) in [5.74, 6) is 1.72. The molecule has 0 saturated heterocycles. The second-order valence-electron chi connectivity index (χ2n) is 24.9. The molecule has 0 bridgehead atoms. The van der Waals surface area contributed by atoms with Crippen LogP contribution in [0.2, 0.25) is 0 Å². The van der Waals surface area contributed by atoms with Crippen molar-refractivity contribution in [3.05, 3.63) is 260 Å². The predicted molar refractivity (Wildman–Crippen MR) is 349 cm³/mol. The molecule has 3 heterocycles. The predicted octanol–water partition coefficient (Wildman–Crippen LogP) is 19.3. The largest absolute Gasteiger partial charge is 0.458 e. The van der Waals surface area contributed by atoms with Gasteiger partial charge in [-0.05, 0) is 147 Å². The molecule has 13 aromatic carbocycles. The lowest BCUT2D eigenvalue weighted by atomic mass is 9.34. The zero-order chi connectivity index (χ0) is 55.2. The molecule has 16 rings (SSSR count). The molecule has 2 aliphatic heterocycles. The Morgan fingerprint density at radius 1 is 0.354 bits per heavy atom. The highest BCUT2D eigenvalue weighted by Gasteiger charge is 2.44. The van der Waals surface area contributed by atoms with E-state index in [4.69, 9.17) is 4.74 Å². The summed E-state index contributed by atoms with van der Waals surface area (Å²) in [6.45, 7) is 13.8. The third-order valence-corrected chi connectivity index (χ3v) is 17.8. The van der Waals surface area contributed by atoms with Crippen molar-refractivity contribution in [2.75, 3.05) is 4.90 Å². The summed E-state index contributed by atoms with van der Waals surface area (Å²) in [4.78, 5) is 2.60. The highest BCUT2D eigenvalue weighted by Crippen LogP contribution is 2.51. The molecule has 0 unspecified atom stereocenters. The summed E-state index contributed by atoms with van der Waals surface area (Å²) in [6, 6.07) is 93.3. The average molecular weight is 1050 g/mol. The molecule has 390 valence electrons. The van der Waals surface area contributed by atoms with E-state index in [1.54, 1.807) is 0 Å². The summed E-state index contributed by atoms with van der Waals surface area (Å²) >= 11 is 0. The van der Waals surface area contributed by atoms with Gasteiger partial charge in [-0.15, -0.1) is 0 Å². The van der Waals surface area contributed by atoms with Crippen molar-refractivity contribution < 1.29 is 4.74 Å². The van der Waals surface area contributed by atoms with Crippen molar-refractivity contribution in [1.29, 1.82) is 0 Å². The van der Waals surface area contributed by atoms with Gasteiger partial charge in [0.25, 0.3) is 6.71 Å². The molecule has 0 saturated carbocycles. The van der Waals surface area contributed by atoms with Gasteiger partial charge in [0.1, 0.15) is 11.5 Å². The van der Waals surface area contributed by atoms with Gasteiger partial charge in [-0.3, -0.25) is 0 Å². The maximum atomic E-state index is 7.50. The number of benzene rings is 13. The Kier molecular flexibility index (Phi) is 10.6. The first-order valence-electron chi connectivity index (χ1n) is 28.9. The highest BCUT2D eigenvalue weighted by molar-refractivity contribution is 6.99. The lowest BCUT2D eigenvalue weighted by molar-refractivity contribution is 0.487. The average Bonchev–Trinajstić information content (AvgIpc) is 1.99. The van der Waals surface area contributed by atoms with Crippen LogP contribution in [0.15, 0.2) is 249 Å². The van der Waals surface area contributed by atoms with Crippen LogP contribution in [-0.4, -0.2) is 11.3 Å². The van der Waals surface area contributed by atoms with E-state index >= 15 is 0 Å². The van der Waals surface area contributed by atoms with Crippen LogP contribution in [0.5, 0.6) is 11.5 Å². The number of aromatic nitrogens is 1. The van der Waals surface area contributed by atoms with Crippen molar-refractivity contribution in [3.8, 4) is 61.7 Å². The number of rotatable bonds is 6. The molecule has 82 heavy (non-hydrogen) atoms. The smallest absolute Gasteiger partial charge is 0.256 e. The van der Waals surface area contributed by atoms with Crippen LogP contribution in [0.3, 0.4) is 0 Å². The van der Waals surface area contributed by atoms with Crippen molar-refractivity contribution in [2.45, 2.75) is 52.4 Å². The Labute approximate surface area is 479 Å². The van der Waals surface area contributed by atoms with Gasteiger partial charge in [0.05, 0.1) is 22.4 Å². The third kappa shape index (κ3) is 7.44. The number of hydrogen-bond acceptors (Lipinski definition) is 2. The molecule has 1 aromatic heterocycles. The van der Waals surface area contributed by atoms with Crippen molar-refractivity contribution in [2.24, 2.45) is 0 Å². The fourth-order valence-corrected chi connectivity index (χ4v) is 13.8. The number of ether oxygens (including phenoxy) is 1. The van der Waals surface area contributed by atoms with E-state index in [0.29, 0.717) is 0 Å². The molecule has 0 aliphatic carbocycles. The molecule has 0 N–H and O–H groups in total. The lowest BCUT2D eigenvalue weighted by Crippen LogP contribution is -2.59. The van der Waals surface area contributed by atoms with Gasteiger partial charge in [0, 0.05) is 39.3 Å². The van der Waals surface area contributed by atoms with Gasteiger partial charge >= 0.3 is 0 Å². The Morgan fingerprint density at radius 3 is 1.54 bits per heavy atom. The molecule has 0 amide bonds. The van der Waals surface area contributed by atoms with Crippen LogP contribution < -0.4 is 26.0 Å². The quantitative estimate of drug-likeness (QED) is 0.122. The molecule has 4 heteroatoms. The summed E-state index contributed by atoms with van der Waals surface area (Å²) in [5, 5.41) is 10.2. The van der Waals surface area contributed by atoms with Gasteiger partial charge in [-0.1, -0.05) is 242 Å². The second kappa shape index (κ2) is 17.9. The topological polar surface area (TPSA) is 17.4 Å². The minimum absolute atomic E-state index is 0.0322. The Bertz CT molecular complexity index is 4800. The van der Waals surface area contributed by atoms with Crippen LogP contribution in [0, 0.1) is 0 Å². The Balaban J connectivity index is 1.05. The lowest BCUT2D eigenvalue weighted by Gasteiger charge is -2.42. The van der Waals surface area contributed by atoms with Crippen molar-refractivity contribution in [3.63, 3.8) is 0 Å². The van der Waals surface area contributed by atoms with E-state index in [-0.39, 0.29) is 17.5 Å². The molecular formula is C78H59BN2O. The maximum Gasteiger partial charge on any atom is 0.256 e. The number of nitrogens with zero attached hydrogens (tertiary/aromatic N) is 2. The first-order valence-corrected chi connectivity index (χ1v) is 28.9. The van der Waals surface area contributed by atoms with E-state index in [0.717, 1.165) is 84.0 Å². The molecule has 2 aliphatic rings.